The van der Waals surface area contributed by atoms with Gasteiger partial charge in [0.2, 0.25) is 0 Å². The zero-order chi connectivity index (χ0) is 20.1. The van der Waals surface area contributed by atoms with Crippen LogP contribution in [0.4, 0.5) is 0 Å². The van der Waals surface area contributed by atoms with E-state index in [1.807, 2.05) is 60.7 Å². The summed E-state index contributed by atoms with van der Waals surface area (Å²) in [5.41, 5.74) is 2.57. The number of para-hydroxylation sites is 1. The Kier molecular flexibility index (Phi) is 5.26. The lowest BCUT2D eigenvalue weighted by Crippen LogP contribution is -2.27. The smallest absolute Gasteiger partial charge is 0.260 e. The van der Waals surface area contributed by atoms with Gasteiger partial charge in [-0.3, -0.25) is 4.79 Å². The normalized spacial score (nSPS) is 17.8. The fourth-order valence-corrected chi connectivity index (χ4v) is 3.06. The highest BCUT2D eigenvalue weighted by atomic mass is 16.5. The molecular formula is C24H17N3O2. The fraction of sp³-hybridized carbons (Fsp3) is 0.0833. The molecule has 0 radical (unpaired) electrons. The zero-order valence-electron chi connectivity index (χ0n) is 15.5. The van der Waals surface area contributed by atoms with Gasteiger partial charge in [-0.2, -0.15) is 10.3 Å². The number of nitriles is 1. The minimum Gasteiger partial charge on any atom is -0.488 e. The molecule has 1 atom stereocenters. The molecule has 140 valence electrons. The van der Waals surface area contributed by atoms with E-state index in [9.17, 15) is 10.1 Å². The van der Waals surface area contributed by atoms with E-state index in [1.165, 1.54) is 0 Å². The molecule has 0 N–H and O–H groups in total. The molecule has 0 bridgehead atoms. The van der Waals surface area contributed by atoms with Crippen molar-refractivity contribution in [1.82, 2.24) is 0 Å². The number of aliphatic imine (C=N–C) groups is 2. The average Bonchev–Trinajstić information content (AvgIpc) is 2.77. The summed E-state index contributed by atoms with van der Waals surface area (Å²) in [4.78, 5) is 20.8. The summed E-state index contributed by atoms with van der Waals surface area (Å²) in [6, 6.07) is 19.4. The molecule has 4 rings (SSSR count). The number of carbonyl (C=O) groups is 1. The summed E-state index contributed by atoms with van der Waals surface area (Å²) in [7, 11) is 0. The minimum absolute atomic E-state index is 0.126. The van der Waals surface area contributed by atoms with Crippen molar-refractivity contribution in [1.29, 1.82) is 5.26 Å². The van der Waals surface area contributed by atoms with Crippen molar-refractivity contribution >= 4 is 23.5 Å². The number of allylic oxidation sites excluding steroid dienone is 3. The number of nitrogens with zero attached hydrogens (tertiary/aromatic N) is 3. The molecule has 1 aliphatic carbocycles. The molecule has 5 nitrogen and oxygen atoms in total. The largest absolute Gasteiger partial charge is 0.488 e. The number of ether oxygens (including phenoxy) is 1. The van der Waals surface area contributed by atoms with Crippen LogP contribution in [-0.4, -0.2) is 17.5 Å². The van der Waals surface area contributed by atoms with Crippen molar-refractivity contribution in [3.05, 3.63) is 95.6 Å². The predicted molar refractivity (Wildman–Crippen MR) is 112 cm³/mol. The summed E-state index contributed by atoms with van der Waals surface area (Å²) < 4.78 is 5.95. The van der Waals surface area contributed by atoms with Crippen molar-refractivity contribution in [2.24, 2.45) is 15.9 Å². The highest BCUT2D eigenvalue weighted by Gasteiger charge is 2.27. The molecule has 0 saturated carbocycles. The van der Waals surface area contributed by atoms with E-state index in [-0.39, 0.29) is 17.3 Å². The Morgan fingerprint density at radius 2 is 1.86 bits per heavy atom. The van der Waals surface area contributed by atoms with Gasteiger partial charge in [0, 0.05) is 5.56 Å². The summed E-state index contributed by atoms with van der Waals surface area (Å²) in [5, 5.41) is 9.67. The highest BCUT2D eigenvalue weighted by molar-refractivity contribution is 6.26. The van der Waals surface area contributed by atoms with Crippen LogP contribution in [0.5, 0.6) is 5.75 Å². The van der Waals surface area contributed by atoms with Crippen molar-refractivity contribution in [3.63, 3.8) is 0 Å². The Morgan fingerprint density at radius 1 is 1.07 bits per heavy atom. The first-order chi connectivity index (χ1) is 14.2. The van der Waals surface area contributed by atoms with Gasteiger partial charge in [-0.05, 0) is 23.8 Å². The predicted octanol–water partition coefficient (Wildman–Crippen LogP) is 4.29. The maximum absolute atomic E-state index is 12.3. The van der Waals surface area contributed by atoms with Crippen LogP contribution in [0.15, 0.2) is 94.5 Å². The van der Waals surface area contributed by atoms with Crippen molar-refractivity contribution in [2.75, 3.05) is 0 Å². The summed E-state index contributed by atoms with van der Waals surface area (Å²) in [6.45, 7) is 0.411. The van der Waals surface area contributed by atoms with Gasteiger partial charge < -0.3 is 4.74 Å². The number of carbonyl (C=O) groups excluding carboxylic acids is 1. The molecule has 2 aliphatic rings. The van der Waals surface area contributed by atoms with Crippen LogP contribution in [0.3, 0.4) is 0 Å². The lowest BCUT2D eigenvalue weighted by molar-refractivity contribution is -0.118. The van der Waals surface area contributed by atoms with Gasteiger partial charge in [0.1, 0.15) is 24.3 Å². The second kappa shape index (κ2) is 8.32. The van der Waals surface area contributed by atoms with Gasteiger partial charge in [-0.25, -0.2) is 4.99 Å². The van der Waals surface area contributed by atoms with E-state index >= 15 is 0 Å². The molecule has 1 amide bonds. The van der Waals surface area contributed by atoms with E-state index in [1.54, 1.807) is 24.3 Å². The van der Waals surface area contributed by atoms with Crippen LogP contribution in [-0.2, 0) is 11.4 Å². The van der Waals surface area contributed by atoms with Crippen molar-refractivity contribution < 1.29 is 9.53 Å². The minimum atomic E-state index is -0.467. The number of benzene rings is 2. The van der Waals surface area contributed by atoms with Gasteiger partial charge in [0.15, 0.2) is 5.84 Å². The molecule has 1 unspecified atom stereocenters. The van der Waals surface area contributed by atoms with E-state index in [2.05, 4.69) is 16.1 Å². The molecule has 0 aromatic heterocycles. The third-order valence-electron chi connectivity index (χ3n) is 4.53. The molecule has 5 heteroatoms. The number of fused-ring (bicyclic) bond motifs is 1. The average molecular weight is 379 g/mol. The summed E-state index contributed by atoms with van der Waals surface area (Å²) >= 11 is 0. The molecule has 1 heterocycles. The van der Waals surface area contributed by atoms with Gasteiger partial charge in [-0.1, -0.05) is 66.8 Å². The maximum Gasteiger partial charge on any atom is 0.260 e. The molecule has 2 aromatic rings. The van der Waals surface area contributed by atoms with Crippen LogP contribution >= 0.6 is 0 Å². The Hall–Kier alpha value is -4.04. The van der Waals surface area contributed by atoms with E-state index in [0.29, 0.717) is 18.1 Å². The van der Waals surface area contributed by atoms with Crippen molar-refractivity contribution in [2.45, 2.75) is 6.61 Å². The molecule has 0 fully saturated rings. The van der Waals surface area contributed by atoms with Gasteiger partial charge in [-0.15, -0.1) is 0 Å². The maximum atomic E-state index is 12.3. The van der Waals surface area contributed by atoms with E-state index in [0.717, 1.165) is 11.1 Å². The van der Waals surface area contributed by atoms with Gasteiger partial charge in [0.05, 0.1) is 11.3 Å². The molecule has 0 saturated heterocycles. The van der Waals surface area contributed by atoms with E-state index < -0.39 is 5.92 Å². The third-order valence-corrected chi connectivity index (χ3v) is 4.53. The van der Waals surface area contributed by atoms with Crippen LogP contribution in [0.2, 0.25) is 0 Å². The number of hydrogen-bond acceptors (Lipinski definition) is 4. The first-order valence-corrected chi connectivity index (χ1v) is 9.18. The molecule has 29 heavy (non-hydrogen) atoms. The summed E-state index contributed by atoms with van der Waals surface area (Å²) in [6.07, 6.45) is 8.78. The zero-order valence-corrected chi connectivity index (χ0v) is 15.5. The van der Waals surface area contributed by atoms with Crippen LogP contribution < -0.4 is 4.74 Å². The van der Waals surface area contributed by atoms with Crippen LogP contribution in [0, 0.1) is 17.2 Å². The summed E-state index contributed by atoms with van der Waals surface area (Å²) in [5.74, 6) is -0.0232. The number of hydrogen-bond donors (Lipinski definition) is 0. The third kappa shape index (κ3) is 4.12. The fourth-order valence-electron chi connectivity index (χ4n) is 3.06. The Balaban J connectivity index is 1.62. The lowest BCUT2D eigenvalue weighted by Gasteiger charge is -2.17. The first-order valence-electron chi connectivity index (χ1n) is 9.18. The standard InChI is InChI=1S/C24H17N3O2/c25-15-19(23-26-21-12-6-5-11-20(21)24(28)27-23)14-18-10-4-7-13-22(18)29-16-17-8-2-1-3-9-17/h1-14,20H,16H2/b19-14+. The van der Waals surface area contributed by atoms with Gasteiger partial charge >= 0.3 is 0 Å². The molecule has 2 aromatic carbocycles. The second-order valence-electron chi connectivity index (χ2n) is 6.51. The molecular weight excluding hydrogens is 362 g/mol. The first kappa shape index (κ1) is 18.3. The number of rotatable bonds is 5. The second-order valence-corrected chi connectivity index (χ2v) is 6.51. The van der Waals surface area contributed by atoms with Gasteiger partial charge in [0.25, 0.3) is 5.91 Å². The number of amides is 1. The molecule has 0 spiro atoms. The van der Waals surface area contributed by atoms with Crippen LogP contribution in [0.1, 0.15) is 11.1 Å². The Labute approximate surface area is 168 Å². The van der Waals surface area contributed by atoms with Crippen molar-refractivity contribution in [3.8, 4) is 11.8 Å². The molecule has 1 aliphatic heterocycles. The Morgan fingerprint density at radius 3 is 2.69 bits per heavy atom. The number of amidine groups is 1. The van der Waals surface area contributed by atoms with E-state index in [4.69, 9.17) is 4.74 Å². The topological polar surface area (TPSA) is 74.8 Å². The monoisotopic (exact) mass is 379 g/mol. The quantitative estimate of drug-likeness (QED) is 0.727. The Bertz CT molecular complexity index is 1130. The highest BCUT2D eigenvalue weighted by Crippen LogP contribution is 2.24. The lowest BCUT2D eigenvalue weighted by atomic mass is 9.96. The SMILES string of the molecule is N#C/C(=C\c1ccccc1OCc1ccccc1)C1=NC(=O)C2C=CC=CC2=N1. The van der Waals surface area contributed by atoms with Crippen LogP contribution in [0.25, 0.3) is 6.08 Å².